The first-order valence-electron chi connectivity index (χ1n) is 5.53. The zero-order chi connectivity index (χ0) is 13.1. The highest BCUT2D eigenvalue weighted by Gasteiger charge is 2.11. The molecule has 0 amide bonds. The molecule has 2 aromatic carbocycles. The molecule has 18 heavy (non-hydrogen) atoms. The lowest BCUT2D eigenvalue weighted by Gasteiger charge is -2.16. The Hall–Kier alpha value is -1.97. The van der Waals surface area contributed by atoms with Crippen LogP contribution in [0.15, 0.2) is 42.5 Å². The van der Waals surface area contributed by atoms with E-state index in [1.165, 1.54) is 24.3 Å². The van der Waals surface area contributed by atoms with Gasteiger partial charge in [0, 0.05) is 17.3 Å². The van der Waals surface area contributed by atoms with Crippen LogP contribution in [0.2, 0.25) is 0 Å². The first kappa shape index (κ1) is 12.5. The van der Waals surface area contributed by atoms with Crippen molar-refractivity contribution in [1.29, 1.82) is 0 Å². The van der Waals surface area contributed by atoms with Crippen LogP contribution in [0.1, 0.15) is 18.5 Å². The van der Waals surface area contributed by atoms with E-state index in [9.17, 15) is 13.2 Å². The number of halogens is 3. The number of anilines is 1. The smallest absolute Gasteiger partial charge is 0.131 e. The number of nitrogens with one attached hydrogen (secondary N) is 1. The number of hydrogen-bond donors (Lipinski definition) is 1. The molecular weight excluding hydrogens is 239 g/mol. The summed E-state index contributed by atoms with van der Waals surface area (Å²) in [4.78, 5) is 0. The maximum absolute atomic E-state index is 13.5. The zero-order valence-corrected chi connectivity index (χ0v) is 9.75. The largest absolute Gasteiger partial charge is 0.378 e. The number of rotatable bonds is 3. The van der Waals surface area contributed by atoms with Crippen LogP contribution >= 0.6 is 0 Å². The molecule has 0 saturated heterocycles. The van der Waals surface area contributed by atoms with Crippen molar-refractivity contribution in [2.75, 3.05) is 5.32 Å². The molecule has 2 aromatic rings. The van der Waals surface area contributed by atoms with Crippen molar-refractivity contribution in [2.24, 2.45) is 0 Å². The van der Waals surface area contributed by atoms with Gasteiger partial charge in [0.25, 0.3) is 0 Å². The Balaban J connectivity index is 2.19. The lowest BCUT2D eigenvalue weighted by molar-refractivity contribution is 0.566. The molecule has 0 fully saturated rings. The van der Waals surface area contributed by atoms with E-state index in [1.807, 2.05) is 0 Å². The highest BCUT2D eigenvalue weighted by molar-refractivity contribution is 5.45. The lowest BCUT2D eigenvalue weighted by atomic mass is 10.1. The normalized spacial score (nSPS) is 12.2. The molecule has 0 aliphatic heterocycles. The minimum Gasteiger partial charge on any atom is -0.378 e. The van der Waals surface area contributed by atoms with Gasteiger partial charge in [-0.25, -0.2) is 13.2 Å². The van der Waals surface area contributed by atoms with Crippen LogP contribution in [-0.2, 0) is 0 Å². The molecule has 0 spiro atoms. The van der Waals surface area contributed by atoms with Crippen LogP contribution < -0.4 is 5.32 Å². The maximum Gasteiger partial charge on any atom is 0.131 e. The average molecular weight is 251 g/mol. The van der Waals surface area contributed by atoms with Crippen molar-refractivity contribution in [3.8, 4) is 0 Å². The van der Waals surface area contributed by atoms with Gasteiger partial charge < -0.3 is 5.32 Å². The van der Waals surface area contributed by atoms with Crippen LogP contribution in [0.3, 0.4) is 0 Å². The molecule has 4 heteroatoms. The van der Waals surface area contributed by atoms with E-state index in [-0.39, 0.29) is 11.9 Å². The summed E-state index contributed by atoms with van der Waals surface area (Å²) in [7, 11) is 0. The molecule has 0 bridgehead atoms. The highest BCUT2D eigenvalue weighted by atomic mass is 19.1. The van der Waals surface area contributed by atoms with E-state index >= 15 is 0 Å². The summed E-state index contributed by atoms with van der Waals surface area (Å²) in [6.07, 6.45) is 0. The van der Waals surface area contributed by atoms with Gasteiger partial charge in [0.15, 0.2) is 0 Å². The highest BCUT2D eigenvalue weighted by Crippen LogP contribution is 2.22. The van der Waals surface area contributed by atoms with Gasteiger partial charge >= 0.3 is 0 Å². The Labute approximate surface area is 103 Å². The first-order chi connectivity index (χ1) is 8.56. The van der Waals surface area contributed by atoms with Gasteiger partial charge in [-0.2, -0.15) is 0 Å². The standard InChI is InChI=1S/C14H12F3N/c1-9(13-6-5-11(16)8-14(13)17)18-12-4-2-3-10(15)7-12/h2-9,18H,1H3. The molecule has 0 radical (unpaired) electrons. The van der Waals surface area contributed by atoms with Crippen molar-refractivity contribution in [3.05, 3.63) is 65.5 Å². The monoisotopic (exact) mass is 251 g/mol. The molecule has 1 nitrogen and oxygen atoms in total. The maximum atomic E-state index is 13.5. The van der Waals surface area contributed by atoms with Crippen molar-refractivity contribution >= 4 is 5.69 Å². The molecule has 1 atom stereocenters. The van der Waals surface area contributed by atoms with Gasteiger partial charge in [0.1, 0.15) is 17.5 Å². The third kappa shape index (κ3) is 2.83. The Morgan fingerprint density at radius 2 is 1.67 bits per heavy atom. The molecule has 2 rings (SSSR count). The van der Waals surface area contributed by atoms with E-state index in [1.54, 1.807) is 19.1 Å². The van der Waals surface area contributed by atoms with Gasteiger partial charge in [0.05, 0.1) is 6.04 Å². The number of hydrogen-bond acceptors (Lipinski definition) is 1. The second kappa shape index (κ2) is 5.12. The van der Waals surface area contributed by atoms with Gasteiger partial charge in [0.2, 0.25) is 0 Å². The van der Waals surface area contributed by atoms with Gasteiger partial charge in [-0.05, 0) is 31.2 Å². The van der Waals surface area contributed by atoms with Gasteiger partial charge in [-0.1, -0.05) is 12.1 Å². The predicted octanol–water partition coefficient (Wildman–Crippen LogP) is 4.28. The van der Waals surface area contributed by atoms with E-state index in [2.05, 4.69) is 5.32 Å². The summed E-state index contributed by atoms with van der Waals surface area (Å²) < 4.78 is 39.3. The molecule has 1 N–H and O–H groups in total. The Bertz CT molecular complexity index is 554. The summed E-state index contributed by atoms with van der Waals surface area (Å²) in [5.41, 5.74) is 0.881. The first-order valence-corrected chi connectivity index (χ1v) is 5.53. The molecule has 0 saturated carbocycles. The average Bonchev–Trinajstić information content (AvgIpc) is 2.28. The summed E-state index contributed by atoms with van der Waals surface area (Å²) in [6, 6.07) is 8.91. The van der Waals surface area contributed by atoms with Gasteiger partial charge in [-0.15, -0.1) is 0 Å². The summed E-state index contributed by atoms with van der Waals surface area (Å²) in [5, 5.41) is 2.96. The summed E-state index contributed by atoms with van der Waals surface area (Å²) >= 11 is 0. The fourth-order valence-electron chi connectivity index (χ4n) is 1.76. The van der Waals surface area contributed by atoms with E-state index in [0.29, 0.717) is 11.3 Å². The number of benzene rings is 2. The summed E-state index contributed by atoms with van der Waals surface area (Å²) in [5.74, 6) is -1.60. The quantitative estimate of drug-likeness (QED) is 0.858. The minimum absolute atomic E-state index is 0.334. The lowest BCUT2D eigenvalue weighted by Crippen LogP contribution is -2.08. The molecule has 0 heterocycles. The molecule has 0 aromatic heterocycles. The topological polar surface area (TPSA) is 12.0 Å². The van der Waals surface area contributed by atoms with E-state index in [0.717, 1.165) is 6.07 Å². The Morgan fingerprint density at radius 3 is 2.33 bits per heavy atom. The molecule has 0 aliphatic carbocycles. The zero-order valence-electron chi connectivity index (χ0n) is 9.75. The molecular formula is C14H12F3N. The van der Waals surface area contributed by atoms with E-state index < -0.39 is 11.6 Å². The SMILES string of the molecule is CC(Nc1cccc(F)c1)c1ccc(F)cc1F. The third-order valence-corrected chi connectivity index (χ3v) is 2.64. The van der Waals surface area contributed by atoms with Crippen LogP contribution in [0, 0.1) is 17.5 Å². The second-order valence-corrected chi connectivity index (χ2v) is 4.04. The van der Waals surface area contributed by atoms with Crippen molar-refractivity contribution in [1.82, 2.24) is 0 Å². The second-order valence-electron chi connectivity index (χ2n) is 4.04. The van der Waals surface area contributed by atoms with Crippen molar-refractivity contribution < 1.29 is 13.2 Å². The molecule has 1 unspecified atom stereocenters. The molecule has 0 aliphatic rings. The van der Waals surface area contributed by atoms with Crippen molar-refractivity contribution in [3.63, 3.8) is 0 Å². The fourth-order valence-corrected chi connectivity index (χ4v) is 1.76. The third-order valence-electron chi connectivity index (χ3n) is 2.64. The van der Waals surface area contributed by atoms with Crippen LogP contribution in [-0.4, -0.2) is 0 Å². The predicted molar refractivity (Wildman–Crippen MR) is 64.8 cm³/mol. The van der Waals surface area contributed by atoms with Crippen molar-refractivity contribution in [2.45, 2.75) is 13.0 Å². The molecule has 94 valence electrons. The van der Waals surface area contributed by atoms with Gasteiger partial charge in [-0.3, -0.25) is 0 Å². The van der Waals surface area contributed by atoms with Crippen LogP contribution in [0.4, 0.5) is 18.9 Å². The fraction of sp³-hybridized carbons (Fsp3) is 0.143. The van der Waals surface area contributed by atoms with Crippen LogP contribution in [0.25, 0.3) is 0 Å². The minimum atomic E-state index is -0.619. The Kier molecular flexibility index (Phi) is 3.55. The van der Waals surface area contributed by atoms with Crippen LogP contribution in [0.5, 0.6) is 0 Å². The summed E-state index contributed by atoms with van der Waals surface area (Å²) in [6.45, 7) is 1.72. The van der Waals surface area contributed by atoms with E-state index in [4.69, 9.17) is 0 Å². The Morgan fingerprint density at radius 1 is 0.944 bits per heavy atom.